The van der Waals surface area contributed by atoms with Gasteiger partial charge in [-0.25, -0.2) is 0 Å². The predicted molar refractivity (Wildman–Crippen MR) is 159 cm³/mol. The molecule has 3 amide bonds. The number of imide groups is 1. The minimum atomic E-state index is -0.949. The van der Waals surface area contributed by atoms with E-state index in [4.69, 9.17) is 11.6 Å². The highest BCUT2D eigenvalue weighted by atomic mass is 35.5. The van der Waals surface area contributed by atoms with Crippen LogP contribution in [0.3, 0.4) is 0 Å². The van der Waals surface area contributed by atoms with Gasteiger partial charge in [0, 0.05) is 6.21 Å². The van der Waals surface area contributed by atoms with Gasteiger partial charge >= 0.3 is 0 Å². The summed E-state index contributed by atoms with van der Waals surface area (Å²) < 4.78 is 0. The number of hydrogen-bond donors (Lipinski definition) is 0. The lowest BCUT2D eigenvalue weighted by molar-refractivity contribution is -0.145. The predicted octanol–water partition coefficient (Wildman–Crippen LogP) is 7.79. The summed E-state index contributed by atoms with van der Waals surface area (Å²) >= 11 is 6.05. The molecule has 1 saturated heterocycles. The van der Waals surface area contributed by atoms with E-state index in [9.17, 15) is 14.4 Å². The zero-order valence-corrected chi connectivity index (χ0v) is 24.3. The normalized spacial score (nSPS) is 17.4. The van der Waals surface area contributed by atoms with Gasteiger partial charge in [0.1, 0.15) is 5.38 Å². The summed E-state index contributed by atoms with van der Waals surface area (Å²) in [5.41, 5.74) is 1.41. The van der Waals surface area contributed by atoms with E-state index in [0.29, 0.717) is 5.69 Å². The molecule has 1 aromatic rings. The number of rotatable bonds is 19. The lowest BCUT2D eigenvalue weighted by Gasteiger charge is -2.35. The molecule has 8 heteroatoms. The fraction of sp³-hybridized carbons (Fsp3) is 0.613. The summed E-state index contributed by atoms with van der Waals surface area (Å²) in [5, 5.41) is 6.36. The van der Waals surface area contributed by atoms with E-state index in [-0.39, 0.29) is 18.7 Å². The molecule has 0 saturated carbocycles. The molecule has 7 nitrogen and oxygen atoms in total. The van der Waals surface area contributed by atoms with Crippen molar-refractivity contribution < 1.29 is 14.4 Å². The van der Waals surface area contributed by atoms with Crippen LogP contribution in [0.5, 0.6) is 0 Å². The Morgan fingerprint density at radius 3 is 2.05 bits per heavy atom. The van der Waals surface area contributed by atoms with Crippen LogP contribution in [-0.2, 0) is 14.4 Å². The summed E-state index contributed by atoms with van der Waals surface area (Å²) in [4.78, 5) is 37.6. The molecule has 0 spiro atoms. The highest BCUT2D eigenvalue weighted by Gasteiger charge is 2.45. The molecule has 1 unspecified atom stereocenters. The smallest absolute Gasteiger partial charge is 0.269 e. The largest absolute Gasteiger partial charge is 0.272 e. The van der Waals surface area contributed by atoms with Gasteiger partial charge < -0.3 is 0 Å². The van der Waals surface area contributed by atoms with Gasteiger partial charge in [-0.15, -0.1) is 16.7 Å². The highest BCUT2D eigenvalue weighted by molar-refractivity contribution is 6.35. The zero-order valence-electron chi connectivity index (χ0n) is 23.5. The molecule has 214 valence electrons. The van der Waals surface area contributed by atoms with Crippen LogP contribution in [0, 0.1) is 0 Å². The summed E-state index contributed by atoms with van der Waals surface area (Å²) in [5.74, 6) is -1.35. The van der Waals surface area contributed by atoms with Crippen molar-refractivity contribution in [1.82, 2.24) is 10.1 Å². The third-order valence-electron chi connectivity index (χ3n) is 7.25. The fourth-order valence-corrected chi connectivity index (χ4v) is 5.24. The molecule has 2 aliphatic rings. The molecule has 1 atom stereocenters. The number of allylic oxidation sites excluding steroid dienone is 1. The van der Waals surface area contributed by atoms with Gasteiger partial charge in [0.15, 0.2) is 0 Å². The van der Waals surface area contributed by atoms with Gasteiger partial charge in [0.2, 0.25) is 0 Å². The van der Waals surface area contributed by atoms with Gasteiger partial charge in [0.25, 0.3) is 17.7 Å². The molecular weight excluding hydrogens is 512 g/mol. The summed E-state index contributed by atoms with van der Waals surface area (Å²) in [6.07, 6.45) is 25.5. The maximum absolute atomic E-state index is 12.6. The second-order valence-corrected chi connectivity index (χ2v) is 11.1. The SMILES string of the molecule is CCCCCCCCCCCCCCCCC=Cc1cccc(N(N2N=CCC2=O)N2C(=O)CC(Cl)C2=O)c1. The van der Waals surface area contributed by atoms with Crippen molar-refractivity contribution >= 4 is 47.3 Å². The average molecular weight is 557 g/mol. The molecule has 2 aliphatic heterocycles. The van der Waals surface area contributed by atoms with Gasteiger partial charge in [-0.3, -0.25) is 14.4 Å². The molecule has 0 radical (unpaired) electrons. The average Bonchev–Trinajstić information content (AvgIpc) is 3.46. The first-order valence-electron chi connectivity index (χ1n) is 15.0. The number of alkyl halides is 1. The second-order valence-electron chi connectivity index (χ2n) is 10.6. The van der Waals surface area contributed by atoms with E-state index in [1.165, 1.54) is 94.8 Å². The van der Waals surface area contributed by atoms with E-state index in [0.717, 1.165) is 28.5 Å². The Morgan fingerprint density at radius 2 is 1.51 bits per heavy atom. The van der Waals surface area contributed by atoms with Crippen molar-refractivity contribution in [3.05, 3.63) is 35.9 Å². The molecule has 3 rings (SSSR count). The van der Waals surface area contributed by atoms with Crippen LogP contribution in [0.25, 0.3) is 6.08 Å². The maximum Gasteiger partial charge on any atom is 0.269 e. The Labute approximate surface area is 239 Å². The van der Waals surface area contributed by atoms with E-state index in [2.05, 4.69) is 18.1 Å². The van der Waals surface area contributed by atoms with Crippen LogP contribution in [-0.4, -0.2) is 39.4 Å². The Kier molecular flexibility index (Phi) is 13.5. The van der Waals surface area contributed by atoms with Gasteiger partial charge in [-0.1, -0.05) is 115 Å². The molecule has 1 fully saturated rings. The number of carbonyl (C=O) groups excluding carboxylic acids is 3. The van der Waals surface area contributed by atoms with Crippen LogP contribution in [0.1, 0.15) is 122 Å². The van der Waals surface area contributed by atoms with Crippen LogP contribution < -0.4 is 5.12 Å². The summed E-state index contributed by atoms with van der Waals surface area (Å²) in [6, 6.07) is 7.37. The third kappa shape index (κ3) is 9.79. The van der Waals surface area contributed by atoms with Gasteiger partial charge in [0.05, 0.1) is 18.5 Å². The fourth-order valence-electron chi connectivity index (χ4n) is 5.02. The first-order valence-corrected chi connectivity index (χ1v) is 15.4. The van der Waals surface area contributed by atoms with Crippen molar-refractivity contribution in [2.75, 3.05) is 5.12 Å². The number of anilines is 1. The van der Waals surface area contributed by atoms with Gasteiger partial charge in [-0.2, -0.15) is 15.2 Å². The van der Waals surface area contributed by atoms with Crippen molar-refractivity contribution in [2.45, 2.75) is 121 Å². The maximum atomic E-state index is 12.6. The number of amides is 3. The van der Waals surface area contributed by atoms with E-state index < -0.39 is 17.2 Å². The summed E-state index contributed by atoms with van der Waals surface area (Å²) in [6.45, 7) is 2.27. The number of carbonyl (C=O) groups is 3. The highest BCUT2D eigenvalue weighted by Crippen LogP contribution is 2.29. The molecule has 39 heavy (non-hydrogen) atoms. The number of hydrazine groups is 2. The molecule has 0 aliphatic carbocycles. The summed E-state index contributed by atoms with van der Waals surface area (Å²) in [7, 11) is 0. The molecule has 0 bridgehead atoms. The van der Waals surface area contributed by atoms with Crippen LogP contribution >= 0.6 is 11.6 Å². The number of hydrogen-bond acceptors (Lipinski definition) is 5. The van der Waals surface area contributed by atoms with Crippen LogP contribution in [0.4, 0.5) is 5.69 Å². The molecule has 0 aromatic heterocycles. The number of nitrogens with zero attached hydrogens (tertiary/aromatic N) is 4. The van der Waals surface area contributed by atoms with E-state index >= 15 is 0 Å². The van der Waals surface area contributed by atoms with Crippen molar-refractivity contribution in [1.29, 1.82) is 0 Å². The molecule has 1 aromatic carbocycles. The number of hydrazone groups is 1. The first-order chi connectivity index (χ1) is 19.0. The van der Waals surface area contributed by atoms with Crippen molar-refractivity contribution in [3.8, 4) is 0 Å². The Balaban J connectivity index is 1.38. The Hall–Kier alpha value is -2.67. The number of halogens is 1. The number of unbranched alkanes of at least 4 members (excludes halogenated alkanes) is 14. The molecule has 2 heterocycles. The zero-order chi connectivity index (χ0) is 27.9. The monoisotopic (exact) mass is 556 g/mol. The lowest BCUT2D eigenvalue weighted by atomic mass is 10.0. The van der Waals surface area contributed by atoms with Crippen LogP contribution in [0.15, 0.2) is 35.4 Å². The Morgan fingerprint density at radius 1 is 0.897 bits per heavy atom. The standard InChI is InChI=1S/C31H45ClN4O3/c1-2-3-4-5-6-7-8-9-10-11-12-13-14-15-16-17-19-26-20-18-21-27(24-26)36(35-29(37)22-23-33-35)34-30(38)25-28(32)31(34)39/h17-21,23-24,28H,2-16,22,25H2,1H3. The third-order valence-corrected chi connectivity index (χ3v) is 7.59. The lowest BCUT2D eigenvalue weighted by Crippen LogP contribution is -2.55. The quantitative estimate of drug-likeness (QED) is 0.0989. The number of benzene rings is 1. The minimum absolute atomic E-state index is 0.107. The Bertz CT molecular complexity index is 996. The van der Waals surface area contributed by atoms with E-state index in [1.807, 2.05) is 24.3 Å². The van der Waals surface area contributed by atoms with Crippen molar-refractivity contribution in [3.63, 3.8) is 0 Å². The minimum Gasteiger partial charge on any atom is -0.272 e. The second kappa shape index (κ2) is 17.1. The topological polar surface area (TPSA) is 73.3 Å². The molecule has 0 N–H and O–H groups in total. The first kappa shape index (κ1) is 30.9. The van der Waals surface area contributed by atoms with Gasteiger partial charge in [-0.05, 0) is 30.5 Å². The van der Waals surface area contributed by atoms with Crippen LogP contribution in [0.2, 0.25) is 0 Å². The van der Waals surface area contributed by atoms with Crippen molar-refractivity contribution in [2.24, 2.45) is 5.10 Å². The van der Waals surface area contributed by atoms with E-state index in [1.54, 1.807) is 6.07 Å². The molecular formula is C31H45ClN4O3.